The average molecular weight is 94.2 g/mol. The molecular formula is C7H10. The van der Waals surface area contributed by atoms with E-state index in [1.165, 1.54) is 6.42 Å². The first-order valence-corrected chi connectivity index (χ1v) is 2.78. The molecule has 0 N–H and O–H groups in total. The molecule has 0 aromatic rings. The molecule has 7 heavy (non-hydrogen) atoms. The van der Waals surface area contributed by atoms with E-state index in [4.69, 9.17) is 0 Å². The molecule has 0 heteroatoms. The monoisotopic (exact) mass is 94.1 g/mol. The highest BCUT2D eigenvalue weighted by Gasteiger charge is 1.96. The Morgan fingerprint density at radius 2 is 1.29 bits per heavy atom. The van der Waals surface area contributed by atoms with E-state index in [0.29, 0.717) is 0 Å². The number of hydrogen-bond acceptors (Lipinski definition) is 0. The summed E-state index contributed by atoms with van der Waals surface area (Å²) >= 11 is 0. The second-order valence-electron chi connectivity index (χ2n) is 1.76. The third kappa shape index (κ3) is 1.96. The van der Waals surface area contributed by atoms with Gasteiger partial charge in [-0.15, -0.1) is 0 Å². The maximum Gasteiger partial charge on any atom is -0.0349 e. The van der Waals surface area contributed by atoms with Crippen LogP contribution in [0.25, 0.3) is 0 Å². The summed E-state index contributed by atoms with van der Waals surface area (Å²) in [6.07, 6.45) is 12.5. The van der Waals surface area contributed by atoms with Gasteiger partial charge in [0, 0.05) is 0 Å². The van der Waals surface area contributed by atoms with Crippen LogP contribution >= 0.6 is 0 Å². The maximum absolute atomic E-state index is 2.28. The minimum atomic E-state index is 1.16. The molecule has 0 atom stereocenters. The van der Waals surface area contributed by atoms with E-state index >= 15 is 0 Å². The second kappa shape index (κ2) is 3.06. The van der Waals surface area contributed by atoms with E-state index in [1.54, 1.807) is 0 Å². The van der Waals surface area contributed by atoms with Crippen molar-refractivity contribution in [3.63, 3.8) is 0 Å². The molecule has 1 aliphatic rings. The Kier molecular flexibility index (Phi) is 2.25. The largest absolute Gasteiger partial charge is 0.0470 e. The van der Waals surface area contributed by atoms with E-state index in [-0.39, 0.29) is 0 Å². The van der Waals surface area contributed by atoms with Crippen molar-refractivity contribution < 1.29 is 0 Å². The molecule has 0 aromatic carbocycles. The van der Waals surface area contributed by atoms with Gasteiger partial charge in [0.15, 0.2) is 0 Å². The molecule has 38 valence electrons. The van der Waals surface area contributed by atoms with Gasteiger partial charge < -0.3 is 0 Å². The lowest BCUT2D eigenvalue weighted by Gasteiger charge is -1.84. The lowest BCUT2D eigenvalue weighted by Crippen LogP contribution is -1.70. The minimum Gasteiger partial charge on any atom is -0.0470 e. The summed E-state index contributed by atoms with van der Waals surface area (Å²) in [4.78, 5) is 0. The highest BCUT2D eigenvalue weighted by atomic mass is 14.0. The third-order valence-corrected chi connectivity index (χ3v) is 1.11. The molecule has 0 aromatic heterocycles. The van der Waals surface area contributed by atoms with E-state index in [2.05, 4.69) is 25.7 Å². The van der Waals surface area contributed by atoms with Crippen LogP contribution in [0.3, 0.4) is 0 Å². The highest BCUT2D eigenvalue weighted by Crippen LogP contribution is 2.11. The second-order valence-corrected chi connectivity index (χ2v) is 1.76. The SMILES string of the molecule is [CH]1[CH]C[CH]C[CH]C1. The molecule has 1 rings (SSSR count). The summed E-state index contributed by atoms with van der Waals surface area (Å²) in [5.74, 6) is 0. The Morgan fingerprint density at radius 1 is 0.714 bits per heavy atom. The molecule has 0 nitrogen and oxygen atoms in total. The van der Waals surface area contributed by atoms with E-state index < -0.39 is 0 Å². The summed E-state index contributed by atoms with van der Waals surface area (Å²) < 4.78 is 0. The van der Waals surface area contributed by atoms with Crippen molar-refractivity contribution in [3.8, 4) is 0 Å². The zero-order valence-electron chi connectivity index (χ0n) is 4.43. The van der Waals surface area contributed by atoms with Gasteiger partial charge in [0.25, 0.3) is 0 Å². The van der Waals surface area contributed by atoms with Gasteiger partial charge in [-0.2, -0.15) is 0 Å². The lowest BCUT2D eigenvalue weighted by atomic mass is 10.2. The zero-order valence-corrected chi connectivity index (χ0v) is 4.43. The minimum absolute atomic E-state index is 1.16. The fourth-order valence-electron chi connectivity index (χ4n) is 0.695. The van der Waals surface area contributed by atoms with Gasteiger partial charge in [-0.3, -0.25) is 0 Å². The van der Waals surface area contributed by atoms with Crippen LogP contribution in [-0.4, -0.2) is 0 Å². The summed E-state index contributed by atoms with van der Waals surface area (Å²) in [6.45, 7) is 0. The van der Waals surface area contributed by atoms with Crippen molar-refractivity contribution in [2.24, 2.45) is 0 Å². The highest BCUT2D eigenvalue weighted by molar-refractivity contribution is 4.97. The Morgan fingerprint density at radius 3 is 1.86 bits per heavy atom. The topological polar surface area (TPSA) is 0 Å². The number of hydrogen-bond donors (Lipinski definition) is 0. The molecule has 0 spiro atoms. The van der Waals surface area contributed by atoms with Crippen LogP contribution in [0.2, 0.25) is 0 Å². The van der Waals surface area contributed by atoms with Gasteiger partial charge in [-0.05, 0) is 44.9 Å². The molecular weight excluding hydrogens is 84.1 g/mol. The number of rotatable bonds is 0. The molecule has 0 heterocycles. The van der Waals surface area contributed by atoms with Crippen LogP contribution in [0.4, 0.5) is 0 Å². The molecule has 0 unspecified atom stereocenters. The van der Waals surface area contributed by atoms with E-state index in [0.717, 1.165) is 12.8 Å². The van der Waals surface area contributed by atoms with Crippen molar-refractivity contribution in [3.05, 3.63) is 25.7 Å². The molecule has 1 saturated carbocycles. The van der Waals surface area contributed by atoms with Gasteiger partial charge in [0.2, 0.25) is 0 Å². The van der Waals surface area contributed by atoms with Crippen molar-refractivity contribution in [2.75, 3.05) is 0 Å². The molecule has 1 aliphatic carbocycles. The quantitative estimate of drug-likeness (QED) is 0.403. The van der Waals surface area contributed by atoms with Crippen LogP contribution in [-0.2, 0) is 0 Å². The normalized spacial score (nSPS) is 24.0. The summed E-state index contributed by atoms with van der Waals surface area (Å²) in [5, 5.41) is 0. The Bertz CT molecular complexity index is 19.7. The van der Waals surface area contributed by atoms with Gasteiger partial charge in [-0.1, -0.05) is 0 Å². The molecule has 0 bridgehead atoms. The van der Waals surface area contributed by atoms with E-state index in [9.17, 15) is 0 Å². The van der Waals surface area contributed by atoms with Gasteiger partial charge in [-0.25, -0.2) is 0 Å². The Balaban J connectivity index is 2.04. The van der Waals surface area contributed by atoms with Gasteiger partial charge in [0.05, 0.1) is 0 Å². The van der Waals surface area contributed by atoms with Crippen LogP contribution in [0, 0.1) is 25.7 Å². The van der Waals surface area contributed by atoms with Gasteiger partial charge in [0.1, 0.15) is 0 Å². The maximum atomic E-state index is 2.28. The fraction of sp³-hybridized carbons (Fsp3) is 0.429. The first kappa shape index (κ1) is 5.14. The summed E-state index contributed by atoms with van der Waals surface area (Å²) in [7, 11) is 0. The first-order chi connectivity index (χ1) is 3.50. The smallest absolute Gasteiger partial charge is 0.0349 e. The van der Waals surface area contributed by atoms with E-state index in [1.807, 2.05) is 0 Å². The van der Waals surface area contributed by atoms with Crippen molar-refractivity contribution in [1.29, 1.82) is 0 Å². The zero-order chi connectivity index (χ0) is 4.95. The molecule has 0 saturated heterocycles. The van der Waals surface area contributed by atoms with Gasteiger partial charge >= 0.3 is 0 Å². The van der Waals surface area contributed by atoms with Crippen molar-refractivity contribution in [2.45, 2.75) is 19.3 Å². The lowest BCUT2D eigenvalue weighted by molar-refractivity contribution is 1.03. The van der Waals surface area contributed by atoms with Crippen LogP contribution in [0.15, 0.2) is 0 Å². The van der Waals surface area contributed by atoms with Crippen molar-refractivity contribution in [1.82, 2.24) is 0 Å². The molecule has 0 amide bonds. The standard InChI is InChI=1S/C7H10/c1-2-4-6-7-5-3-1/h1-2,5-6H,3-4,7H2. The van der Waals surface area contributed by atoms with Crippen LogP contribution < -0.4 is 0 Å². The summed E-state index contributed by atoms with van der Waals surface area (Å²) in [5.41, 5.74) is 0. The Hall–Kier alpha value is 0. The predicted molar refractivity (Wildman–Crippen MR) is 31.1 cm³/mol. The molecule has 1 fully saturated rings. The summed E-state index contributed by atoms with van der Waals surface area (Å²) in [6, 6.07) is 0. The average Bonchev–Trinajstić information content (AvgIpc) is 1.90. The Labute approximate surface area is 45.9 Å². The van der Waals surface area contributed by atoms with Crippen molar-refractivity contribution >= 4 is 0 Å². The molecule has 0 aliphatic heterocycles. The third-order valence-electron chi connectivity index (χ3n) is 1.11. The van der Waals surface area contributed by atoms with Crippen LogP contribution in [0.1, 0.15) is 19.3 Å². The van der Waals surface area contributed by atoms with Crippen LogP contribution in [0.5, 0.6) is 0 Å². The molecule has 4 radical (unpaired) electrons. The first-order valence-electron chi connectivity index (χ1n) is 2.78. The fourth-order valence-corrected chi connectivity index (χ4v) is 0.695. The predicted octanol–water partition coefficient (Wildman–Crippen LogP) is 1.99.